The molecule has 192 valence electrons. The summed E-state index contributed by atoms with van der Waals surface area (Å²) in [6.45, 7) is 5.23. The molecular weight excluding hydrogens is 529 g/mol. The lowest BCUT2D eigenvalue weighted by Gasteiger charge is -2.41. The molecule has 12 heteroatoms. The Bertz CT molecular complexity index is 1240. The highest BCUT2D eigenvalue weighted by atomic mass is 35.5. The van der Waals surface area contributed by atoms with Crippen LogP contribution < -0.4 is 10.0 Å². The Labute approximate surface area is 220 Å². The molecule has 1 aliphatic rings. The largest absolute Gasteiger partial charge is 0.619 e. The highest BCUT2D eigenvalue weighted by Crippen LogP contribution is 2.37. The molecule has 3 atom stereocenters. The van der Waals surface area contributed by atoms with Crippen molar-refractivity contribution in [1.29, 1.82) is 0 Å². The molecule has 9 nitrogen and oxygen atoms in total. The molecule has 1 aromatic heterocycles. The fraction of sp³-hybridized carbons (Fsp3) is 0.375. The summed E-state index contributed by atoms with van der Waals surface area (Å²) in [7, 11) is -1.45. The molecule has 0 saturated heterocycles. The Kier molecular flexibility index (Phi) is 8.53. The van der Waals surface area contributed by atoms with Gasteiger partial charge in [0, 0.05) is 34.9 Å². The highest BCUT2D eigenvalue weighted by Gasteiger charge is 2.55. The average molecular weight is 554 g/mol. The van der Waals surface area contributed by atoms with Gasteiger partial charge in [-0.05, 0) is 38.5 Å². The summed E-state index contributed by atoms with van der Waals surface area (Å²) >= 11 is 12.0. The van der Waals surface area contributed by atoms with Gasteiger partial charge in [0.25, 0.3) is 5.91 Å². The highest BCUT2D eigenvalue weighted by molar-refractivity contribution is 7.87. The number of ether oxygens (including phenoxy) is 1. The standard InChI is InChI=1S/C24H25Cl2N3O6S/c1-5-35-23(32)17(28-20-19(36(4)34)21(30)24(20,2)3)10-13-6-8-14(9-7-13)27-22(31)18-15(25)11-29(33)12-16(18)26/h6-9,11-12,17,19H,5,10H2,1-4H3,(H,27,31)/t17-,19?,36?/m0/s1. The fourth-order valence-electron chi connectivity index (χ4n) is 3.81. The van der Waals surface area contributed by atoms with Gasteiger partial charge in [-0.15, -0.1) is 0 Å². The van der Waals surface area contributed by atoms with E-state index in [1.54, 1.807) is 45.0 Å². The van der Waals surface area contributed by atoms with Crippen LogP contribution in [-0.4, -0.2) is 51.7 Å². The molecule has 0 aliphatic heterocycles. The van der Waals surface area contributed by atoms with Crippen LogP contribution in [-0.2, 0) is 31.5 Å². The summed E-state index contributed by atoms with van der Waals surface area (Å²) in [6, 6.07) is 5.73. The lowest BCUT2D eigenvalue weighted by Crippen LogP contribution is -2.61. The number of carbonyl (C=O) groups is 3. The fourth-order valence-corrected chi connectivity index (χ4v) is 5.70. The van der Waals surface area contributed by atoms with Gasteiger partial charge in [0.15, 0.2) is 24.2 Å². The molecule has 1 aliphatic carbocycles. The number of benzene rings is 1. The molecule has 2 aromatic rings. The lowest BCUT2D eigenvalue weighted by molar-refractivity contribution is -0.605. The van der Waals surface area contributed by atoms with E-state index in [-0.39, 0.29) is 34.4 Å². The van der Waals surface area contributed by atoms with Gasteiger partial charge in [-0.25, -0.2) is 4.79 Å². The van der Waals surface area contributed by atoms with Crippen molar-refractivity contribution in [3.8, 4) is 0 Å². The summed E-state index contributed by atoms with van der Waals surface area (Å²) in [4.78, 5) is 42.2. The Hall–Kier alpha value is -2.82. The number of nitrogens with zero attached hydrogens (tertiary/aromatic N) is 2. The molecule has 1 heterocycles. The topological polar surface area (TPSA) is 129 Å². The van der Waals surface area contributed by atoms with Gasteiger partial charge < -0.3 is 15.3 Å². The van der Waals surface area contributed by atoms with Gasteiger partial charge in [0.05, 0.1) is 17.6 Å². The molecule has 3 rings (SSSR count). The molecule has 1 amide bonds. The van der Waals surface area contributed by atoms with Crippen LogP contribution in [0.1, 0.15) is 36.7 Å². The summed E-state index contributed by atoms with van der Waals surface area (Å²) in [5.41, 5.74) is 0.636. The van der Waals surface area contributed by atoms with Crippen molar-refractivity contribution in [1.82, 2.24) is 0 Å². The number of nitrogens with one attached hydrogen (secondary N) is 1. The number of esters is 1. The van der Waals surface area contributed by atoms with Crippen LogP contribution in [0, 0.1) is 10.6 Å². The summed E-state index contributed by atoms with van der Waals surface area (Å²) in [6.07, 6.45) is 3.66. The third kappa shape index (κ3) is 5.77. The van der Waals surface area contributed by atoms with Crippen LogP contribution >= 0.6 is 23.2 Å². The van der Waals surface area contributed by atoms with Crippen molar-refractivity contribution in [2.24, 2.45) is 10.4 Å². The van der Waals surface area contributed by atoms with Gasteiger partial charge >= 0.3 is 5.97 Å². The predicted molar refractivity (Wildman–Crippen MR) is 138 cm³/mol. The number of Topliss-reactive ketones (excluding diaryl/α,β-unsaturated/α-hetero) is 1. The van der Waals surface area contributed by atoms with Gasteiger partial charge in [-0.2, -0.15) is 4.73 Å². The Morgan fingerprint density at radius 1 is 1.22 bits per heavy atom. The van der Waals surface area contributed by atoms with Gasteiger partial charge in [-0.3, -0.25) is 18.8 Å². The number of pyridine rings is 1. The molecule has 1 fully saturated rings. The second-order valence-corrected chi connectivity index (χ2v) is 11.0. The summed E-state index contributed by atoms with van der Waals surface area (Å²) in [5, 5.41) is 13.0. The minimum Gasteiger partial charge on any atom is -0.619 e. The smallest absolute Gasteiger partial charge is 0.331 e. The molecule has 0 radical (unpaired) electrons. The van der Waals surface area contributed by atoms with E-state index in [4.69, 9.17) is 27.9 Å². The molecule has 0 spiro atoms. The van der Waals surface area contributed by atoms with E-state index in [1.807, 2.05) is 0 Å². The predicted octanol–water partition coefficient (Wildman–Crippen LogP) is 3.15. The third-order valence-electron chi connectivity index (χ3n) is 5.76. The number of hydrogen-bond donors (Lipinski definition) is 1. The monoisotopic (exact) mass is 553 g/mol. The Morgan fingerprint density at radius 2 is 1.81 bits per heavy atom. The first-order valence-electron chi connectivity index (χ1n) is 11.0. The van der Waals surface area contributed by atoms with Crippen molar-refractivity contribution >= 4 is 63.1 Å². The average Bonchev–Trinajstić information content (AvgIpc) is 2.78. The number of carbonyl (C=O) groups excluding carboxylic acids is 3. The lowest BCUT2D eigenvalue weighted by atomic mass is 9.68. The van der Waals surface area contributed by atoms with Gasteiger partial charge in [0.1, 0.15) is 15.3 Å². The van der Waals surface area contributed by atoms with Crippen LogP contribution in [0.4, 0.5) is 5.69 Å². The van der Waals surface area contributed by atoms with E-state index in [9.17, 15) is 23.8 Å². The molecule has 0 bridgehead atoms. The van der Waals surface area contributed by atoms with E-state index in [0.717, 1.165) is 18.0 Å². The van der Waals surface area contributed by atoms with Crippen molar-refractivity contribution in [2.75, 3.05) is 18.2 Å². The van der Waals surface area contributed by atoms with Crippen LogP contribution in [0.2, 0.25) is 10.0 Å². The zero-order chi connectivity index (χ0) is 26.8. The molecule has 36 heavy (non-hydrogen) atoms. The third-order valence-corrected chi connectivity index (χ3v) is 7.43. The number of hydrogen-bond acceptors (Lipinski definition) is 7. The minimum atomic E-state index is -1.45. The van der Waals surface area contributed by atoms with Crippen LogP contribution in [0.15, 0.2) is 41.7 Å². The van der Waals surface area contributed by atoms with Crippen molar-refractivity contribution in [3.63, 3.8) is 0 Å². The quantitative estimate of drug-likeness (QED) is 0.303. The maximum absolute atomic E-state index is 12.7. The number of rotatable bonds is 8. The number of amides is 1. The number of aromatic nitrogens is 1. The van der Waals surface area contributed by atoms with Crippen LogP contribution in [0.5, 0.6) is 0 Å². The zero-order valence-corrected chi connectivity index (χ0v) is 22.4. The van der Waals surface area contributed by atoms with E-state index in [1.165, 1.54) is 6.26 Å². The number of aliphatic imine (C=N–C) groups is 1. The first kappa shape index (κ1) is 27.8. The maximum Gasteiger partial charge on any atom is 0.331 e. The second-order valence-electron chi connectivity index (χ2n) is 8.69. The molecule has 2 unspecified atom stereocenters. The van der Waals surface area contributed by atoms with Crippen molar-refractivity contribution in [2.45, 2.75) is 38.5 Å². The molecule has 1 N–H and O–H groups in total. The van der Waals surface area contributed by atoms with Crippen LogP contribution in [0.25, 0.3) is 0 Å². The van der Waals surface area contributed by atoms with E-state index >= 15 is 0 Å². The normalized spacial score (nSPS) is 19.3. The van der Waals surface area contributed by atoms with E-state index in [2.05, 4.69) is 10.3 Å². The first-order chi connectivity index (χ1) is 16.9. The summed E-state index contributed by atoms with van der Waals surface area (Å²) < 4.78 is 17.7. The van der Waals surface area contributed by atoms with Gasteiger partial charge in [0.2, 0.25) is 0 Å². The number of anilines is 1. The van der Waals surface area contributed by atoms with Crippen molar-refractivity contribution < 1.29 is 28.1 Å². The summed E-state index contributed by atoms with van der Waals surface area (Å²) in [5.74, 6) is -1.32. The Balaban J connectivity index is 1.80. The Morgan fingerprint density at radius 3 is 2.33 bits per heavy atom. The maximum atomic E-state index is 12.7. The van der Waals surface area contributed by atoms with E-state index in [0.29, 0.717) is 16.1 Å². The number of halogens is 2. The molecule has 1 aromatic carbocycles. The van der Waals surface area contributed by atoms with Gasteiger partial charge in [-0.1, -0.05) is 35.3 Å². The van der Waals surface area contributed by atoms with Crippen molar-refractivity contribution in [3.05, 3.63) is 63.0 Å². The molecule has 1 saturated carbocycles. The second kappa shape index (κ2) is 11.1. The minimum absolute atomic E-state index is 0.0340. The number of ketones is 1. The zero-order valence-electron chi connectivity index (χ0n) is 20.0. The first-order valence-corrected chi connectivity index (χ1v) is 13.3. The van der Waals surface area contributed by atoms with E-state index < -0.39 is 39.4 Å². The molecular formula is C24H25Cl2N3O6S. The van der Waals surface area contributed by atoms with Crippen LogP contribution in [0.3, 0.4) is 0 Å². The SMILES string of the molecule is CCOC(=O)[C@H](Cc1ccc(NC(=O)c2c(Cl)c[n+]([O-])cc2Cl)cc1)N=C1C(S(C)=O)C(=O)C1(C)C.